The number of hydrogen-bond acceptors (Lipinski definition) is 8. The summed E-state index contributed by atoms with van der Waals surface area (Å²) >= 11 is 11.9. The lowest BCUT2D eigenvalue weighted by molar-refractivity contribution is -0.150. The van der Waals surface area contributed by atoms with Gasteiger partial charge in [-0.3, -0.25) is 19.4 Å². The number of fused-ring (bicyclic) bond motifs is 4. The van der Waals surface area contributed by atoms with Crippen LogP contribution in [0.25, 0.3) is 12.2 Å². The fourth-order valence-electron chi connectivity index (χ4n) is 8.28. The normalized spacial score (nSPS) is 21.6. The summed E-state index contributed by atoms with van der Waals surface area (Å²) in [4.78, 5) is 45.6. The monoisotopic (exact) mass is 873 g/mol. The Labute approximate surface area is 363 Å². The summed E-state index contributed by atoms with van der Waals surface area (Å²) in [6, 6.07) is 22.3. The number of halogens is 4. The molecule has 0 spiro atoms. The summed E-state index contributed by atoms with van der Waals surface area (Å²) in [7, 11) is 0. The van der Waals surface area contributed by atoms with Crippen molar-refractivity contribution in [3.8, 4) is 0 Å². The minimum atomic E-state index is -0.711. The van der Waals surface area contributed by atoms with Crippen LogP contribution in [-0.4, -0.2) is 114 Å². The van der Waals surface area contributed by atoms with E-state index in [9.17, 15) is 23.2 Å². The standard InChI is InChI=1S/C23H24ClFN4O3.C22H23ClFN3O2/c24-17-5-3-16(21(9-17)27-23(26)31)4-8-22(30)29-19-11-28(12-20(29)14-32-13-19)10-15-1-6-18(25)7-2-15;23-17-5-3-16(21(25)9-17)4-8-22(28)27-19-11-26(12-20(27)14-29-13-19)10-15-1-6-18(24)7-2-15/h1-9,19-20H,10-14H2,(H3,26,27,31);1-9,19-20H,10-14,25H2/b2*8-4+. The topological polar surface area (TPSA) is 147 Å². The van der Waals surface area contributed by atoms with E-state index in [1.165, 1.54) is 30.3 Å². The Morgan fingerprint density at radius 2 is 1.05 bits per heavy atom. The zero-order valence-corrected chi connectivity index (χ0v) is 34.8. The first-order valence-corrected chi connectivity index (χ1v) is 20.6. The van der Waals surface area contributed by atoms with Crippen molar-refractivity contribution in [1.82, 2.24) is 19.6 Å². The Bertz CT molecular complexity index is 2240. The number of nitrogens with one attached hydrogen (secondary N) is 1. The van der Waals surface area contributed by atoms with E-state index in [1.807, 2.05) is 9.80 Å². The fraction of sp³-hybridized carbons (Fsp3) is 0.311. The summed E-state index contributed by atoms with van der Waals surface area (Å²) in [6.45, 7) is 6.15. The van der Waals surface area contributed by atoms with Crippen LogP contribution >= 0.6 is 23.2 Å². The van der Waals surface area contributed by atoms with Gasteiger partial charge in [-0.05, 0) is 82.9 Å². The first-order chi connectivity index (χ1) is 29.4. The van der Waals surface area contributed by atoms with Crippen LogP contribution in [0.4, 0.5) is 25.0 Å². The van der Waals surface area contributed by atoms with Gasteiger partial charge in [-0.15, -0.1) is 0 Å². The van der Waals surface area contributed by atoms with Crippen molar-refractivity contribution in [1.29, 1.82) is 0 Å². The number of anilines is 2. The van der Waals surface area contributed by atoms with E-state index in [2.05, 4.69) is 15.1 Å². The molecule has 0 aromatic heterocycles. The third kappa shape index (κ3) is 11.5. The zero-order chi connectivity index (χ0) is 43.0. The van der Waals surface area contributed by atoms with Crippen LogP contribution in [0.15, 0.2) is 97.1 Å². The molecule has 4 aromatic carbocycles. The molecule has 0 saturated carbocycles. The lowest BCUT2D eigenvalue weighted by atomic mass is 10.0. The lowest BCUT2D eigenvalue weighted by Gasteiger charge is -2.49. The molecule has 4 aliphatic heterocycles. The van der Waals surface area contributed by atoms with E-state index < -0.39 is 6.03 Å². The molecule has 4 fully saturated rings. The van der Waals surface area contributed by atoms with Crippen molar-refractivity contribution in [2.45, 2.75) is 37.3 Å². The molecule has 4 heterocycles. The van der Waals surface area contributed by atoms with Gasteiger partial charge in [-0.25, -0.2) is 13.6 Å². The van der Waals surface area contributed by atoms with E-state index in [0.29, 0.717) is 73.0 Å². The average molecular weight is 875 g/mol. The van der Waals surface area contributed by atoms with Crippen LogP contribution in [0, 0.1) is 11.6 Å². The first-order valence-electron chi connectivity index (χ1n) is 19.9. The molecule has 320 valence electrons. The second-order valence-corrected chi connectivity index (χ2v) is 16.4. The number of morpholine rings is 2. The number of piperazine rings is 2. The molecule has 8 rings (SSSR count). The molecule has 0 radical (unpaired) electrons. The van der Waals surface area contributed by atoms with E-state index >= 15 is 0 Å². The van der Waals surface area contributed by atoms with Gasteiger partial charge in [-0.2, -0.15) is 0 Å². The first kappa shape index (κ1) is 43.7. The number of urea groups is 1. The van der Waals surface area contributed by atoms with Crippen LogP contribution in [0.1, 0.15) is 22.3 Å². The molecule has 4 atom stereocenters. The van der Waals surface area contributed by atoms with Crippen LogP contribution in [-0.2, 0) is 32.2 Å². The highest BCUT2D eigenvalue weighted by atomic mass is 35.5. The van der Waals surface area contributed by atoms with E-state index in [4.69, 9.17) is 44.1 Å². The number of benzene rings is 4. The summed E-state index contributed by atoms with van der Waals surface area (Å²) < 4.78 is 37.7. The van der Waals surface area contributed by atoms with Crippen molar-refractivity contribution in [3.63, 3.8) is 0 Å². The van der Waals surface area contributed by atoms with Gasteiger partial charge in [0.2, 0.25) is 11.8 Å². The van der Waals surface area contributed by atoms with Crippen LogP contribution in [0.3, 0.4) is 0 Å². The SMILES string of the molecule is NC(=O)Nc1cc(Cl)ccc1/C=C/C(=O)N1C2COCC1CN(Cc1ccc(F)cc1)C2.Nc1cc(Cl)ccc1/C=C/C(=O)N1C2COCC1CN(Cc1ccc(F)cc1)C2. The third-order valence-electron chi connectivity index (χ3n) is 11.0. The number of carbonyl (C=O) groups excluding carboxylic acids is 3. The van der Waals surface area contributed by atoms with E-state index in [1.54, 1.807) is 78.9 Å². The number of nitrogen functional groups attached to an aromatic ring is 1. The van der Waals surface area contributed by atoms with Crippen molar-refractivity contribution in [3.05, 3.63) is 141 Å². The smallest absolute Gasteiger partial charge is 0.316 e. The molecule has 4 unspecified atom stereocenters. The molecule has 4 saturated heterocycles. The largest absolute Gasteiger partial charge is 0.398 e. The Morgan fingerprint density at radius 3 is 1.48 bits per heavy atom. The Kier molecular flexibility index (Phi) is 14.3. The number of rotatable bonds is 9. The number of primary amides is 1. The minimum Gasteiger partial charge on any atom is -0.398 e. The van der Waals surface area contributed by atoms with E-state index in [-0.39, 0.29) is 47.6 Å². The Morgan fingerprint density at radius 1 is 0.639 bits per heavy atom. The number of carbonyl (C=O) groups is 3. The number of nitrogens with two attached hydrogens (primary N) is 2. The number of hydrogen-bond donors (Lipinski definition) is 3. The van der Waals surface area contributed by atoms with Gasteiger partial charge in [0.25, 0.3) is 0 Å². The van der Waals surface area contributed by atoms with Gasteiger partial charge in [0.05, 0.1) is 56.3 Å². The highest BCUT2D eigenvalue weighted by molar-refractivity contribution is 6.31. The summed E-state index contributed by atoms with van der Waals surface area (Å²) in [6.07, 6.45) is 6.44. The molecule has 5 N–H and O–H groups in total. The molecule has 0 aliphatic carbocycles. The molecule has 4 aliphatic rings. The maximum atomic E-state index is 13.2. The minimum absolute atomic E-state index is 0.0114. The molecular weight excluding hydrogens is 827 g/mol. The predicted octanol–water partition coefficient (Wildman–Crippen LogP) is 6.28. The molecule has 4 amide bonds. The van der Waals surface area contributed by atoms with Crippen LogP contribution < -0.4 is 16.8 Å². The van der Waals surface area contributed by atoms with E-state index in [0.717, 1.165) is 36.3 Å². The summed E-state index contributed by atoms with van der Waals surface area (Å²) in [5.74, 6) is -0.651. The number of amides is 4. The second kappa shape index (κ2) is 20.0. The lowest BCUT2D eigenvalue weighted by Crippen LogP contribution is -2.65. The van der Waals surface area contributed by atoms with Gasteiger partial charge >= 0.3 is 6.03 Å². The fourth-order valence-corrected chi connectivity index (χ4v) is 8.63. The highest BCUT2D eigenvalue weighted by Crippen LogP contribution is 2.27. The van der Waals surface area contributed by atoms with Crippen LogP contribution in [0.5, 0.6) is 0 Å². The van der Waals surface area contributed by atoms with Crippen molar-refractivity contribution in [2.24, 2.45) is 5.73 Å². The maximum absolute atomic E-state index is 13.2. The molecule has 12 nitrogen and oxygen atoms in total. The Balaban J connectivity index is 0.000000185. The maximum Gasteiger partial charge on any atom is 0.316 e. The second-order valence-electron chi connectivity index (χ2n) is 15.5. The van der Waals surface area contributed by atoms with Gasteiger partial charge in [0.15, 0.2) is 0 Å². The predicted molar refractivity (Wildman–Crippen MR) is 232 cm³/mol. The van der Waals surface area contributed by atoms with Crippen molar-refractivity contribution < 1.29 is 32.6 Å². The van der Waals surface area contributed by atoms with Gasteiger partial charge in [0, 0.05) is 67.2 Å². The summed E-state index contributed by atoms with van der Waals surface area (Å²) in [5.41, 5.74) is 15.6. The molecule has 4 aromatic rings. The number of nitrogens with zero attached hydrogens (tertiary/aromatic N) is 4. The van der Waals surface area contributed by atoms with Gasteiger partial charge in [0.1, 0.15) is 11.6 Å². The van der Waals surface area contributed by atoms with Crippen molar-refractivity contribution in [2.75, 3.05) is 63.7 Å². The quantitative estimate of drug-likeness (QED) is 0.132. The van der Waals surface area contributed by atoms with Gasteiger partial charge < -0.3 is 36.1 Å². The summed E-state index contributed by atoms with van der Waals surface area (Å²) in [5, 5.41) is 3.53. The number of ether oxygens (including phenoxy) is 2. The van der Waals surface area contributed by atoms with Crippen LogP contribution in [0.2, 0.25) is 10.0 Å². The van der Waals surface area contributed by atoms with Gasteiger partial charge in [-0.1, -0.05) is 59.6 Å². The molecule has 16 heteroatoms. The highest BCUT2D eigenvalue weighted by Gasteiger charge is 2.41. The molecular formula is C45H47Cl2F2N7O5. The Hall–Kier alpha value is -5.35. The molecule has 61 heavy (non-hydrogen) atoms. The molecule has 4 bridgehead atoms. The average Bonchev–Trinajstić information content (AvgIpc) is 3.21. The zero-order valence-electron chi connectivity index (χ0n) is 33.3. The third-order valence-corrected chi connectivity index (χ3v) is 11.4. The van der Waals surface area contributed by atoms with Crippen molar-refractivity contribution >= 4 is 64.6 Å².